The lowest BCUT2D eigenvalue weighted by Crippen LogP contribution is -2.48. The molecule has 2 aromatic rings. The summed E-state index contributed by atoms with van der Waals surface area (Å²) in [6.45, 7) is 3.75. The van der Waals surface area contributed by atoms with Crippen LogP contribution < -0.4 is 0 Å². The second-order valence-electron chi connectivity index (χ2n) is 7.07. The Morgan fingerprint density at radius 3 is 2.62 bits per heavy atom. The predicted octanol–water partition coefficient (Wildman–Crippen LogP) is 4.38. The highest BCUT2D eigenvalue weighted by atomic mass is 35.5. The Kier molecular flexibility index (Phi) is 5.30. The number of rotatable bonds is 3. The van der Waals surface area contributed by atoms with E-state index in [1.807, 2.05) is 4.90 Å². The number of fused-ring (bicyclic) bond motifs is 1. The number of aryl methyl sites for hydroxylation is 2. The molecule has 2 heterocycles. The Bertz CT molecular complexity index is 791. The van der Waals surface area contributed by atoms with Gasteiger partial charge < -0.3 is 4.90 Å². The van der Waals surface area contributed by atoms with Gasteiger partial charge >= 0.3 is 0 Å². The van der Waals surface area contributed by atoms with Crippen molar-refractivity contribution < 1.29 is 9.18 Å². The van der Waals surface area contributed by atoms with E-state index in [0.29, 0.717) is 11.6 Å². The standard InChI is InChI=1S/C20H22ClFN2OS/c21-17-12-16(22)6-5-15(17)13-23-7-9-24(10-8-23)20(25)19-11-14-3-1-2-4-18(14)26-19/h5-6,11-12H,1-4,7-10,13H2. The average Bonchev–Trinajstić information content (AvgIpc) is 3.08. The molecule has 0 radical (unpaired) electrons. The van der Waals surface area contributed by atoms with Crippen molar-refractivity contribution in [3.8, 4) is 0 Å². The zero-order valence-electron chi connectivity index (χ0n) is 14.6. The van der Waals surface area contributed by atoms with Crippen molar-refractivity contribution in [3.05, 3.63) is 56.0 Å². The Morgan fingerprint density at radius 1 is 1.12 bits per heavy atom. The molecule has 0 atom stereocenters. The van der Waals surface area contributed by atoms with Crippen molar-refractivity contribution in [1.82, 2.24) is 9.80 Å². The maximum Gasteiger partial charge on any atom is 0.264 e. The molecule has 4 rings (SSSR count). The number of carbonyl (C=O) groups is 1. The van der Waals surface area contributed by atoms with Crippen LogP contribution in [0.5, 0.6) is 0 Å². The summed E-state index contributed by atoms with van der Waals surface area (Å²) in [4.78, 5) is 19.4. The van der Waals surface area contributed by atoms with E-state index in [-0.39, 0.29) is 11.7 Å². The predicted molar refractivity (Wildman–Crippen MR) is 104 cm³/mol. The number of hydrogen-bond acceptors (Lipinski definition) is 3. The molecule has 138 valence electrons. The average molecular weight is 393 g/mol. The molecule has 1 aromatic carbocycles. The van der Waals surface area contributed by atoms with Gasteiger partial charge in [0.1, 0.15) is 5.82 Å². The van der Waals surface area contributed by atoms with Gasteiger partial charge in [-0.2, -0.15) is 0 Å². The lowest BCUT2D eigenvalue weighted by atomic mass is 9.99. The number of piperazine rings is 1. The third-order valence-electron chi connectivity index (χ3n) is 5.28. The number of amides is 1. The van der Waals surface area contributed by atoms with Crippen LogP contribution in [-0.4, -0.2) is 41.9 Å². The molecule has 0 saturated carbocycles. The topological polar surface area (TPSA) is 23.6 Å². The van der Waals surface area contributed by atoms with Crippen molar-refractivity contribution in [2.24, 2.45) is 0 Å². The van der Waals surface area contributed by atoms with E-state index < -0.39 is 0 Å². The van der Waals surface area contributed by atoms with E-state index in [1.165, 1.54) is 35.4 Å². The zero-order chi connectivity index (χ0) is 18.1. The molecule has 2 aliphatic rings. The fourth-order valence-electron chi connectivity index (χ4n) is 3.75. The Balaban J connectivity index is 1.35. The highest BCUT2D eigenvalue weighted by molar-refractivity contribution is 7.14. The molecule has 3 nitrogen and oxygen atoms in total. The Labute approximate surface area is 162 Å². The van der Waals surface area contributed by atoms with Gasteiger partial charge in [-0.1, -0.05) is 17.7 Å². The summed E-state index contributed by atoms with van der Waals surface area (Å²) in [6, 6.07) is 6.66. The van der Waals surface area contributed by atoms with E-state index >= 15 is 0 Å². The quantitative estimate of drug-likeness (QED) is 0.774. The summed E-state index contributed by atoms with van der Waals surface area (Å²) in [5.41, 5.74) is 2.31. The molecule has 1 aromatic heterocycles. The number of halogens is 2. The number of hydrogen-bond donors (Lipinski definition) is 0. The normalized spacial score (nSPS) is 18.0. The van der Waals surface area contributed by atoms with Crippen molar-refractivity contribution in [2.75, 3.05) is 26.2 Å². The SMILES string of the molecule is O=C(c1cc2c(s1)CCCC2)N1CCN(Cc2ccc(F)cc2Cl)CC1. The molecule has 0 spiro atoms. The van der Waals surface area contributed by atoms with Crippen LogP contribution in [0.25, 0.3) is 0 Å². The lowest BCUT2D eigenvalue weighted by Gasteiger charge is -2.34. The highest BCUT2D eigenvalue weighted by Gasteiger charge is 2.25. The Morgan fingerprint density at radius 2 is 1.88 bits per heavy atom. The summed E-state index contributed by atoms with van der Waals surface area (Å²) < 4.78 is 13.2. The van der Waals surface area contributed by atoms with Crippen LogP contribution in [0.15, 0.2) is 24.3 Å². The van der Waals surface area contributed by atoms with E-state index in [4.69, 9.17) is 11.6 Å². The van der Waals surface area contributed by atoms with Gasteiger partial charge in [-0.15, -0.1) is 11.3 Å². The van der Waals surface area contributed by atoms with Gasteiger partial charge in [0.2, 0.25) is 0 Å². The van der Waals surface area contributed by atoms with Crippen LogP contribution in [0.1, 0.15) is 38.5 Å². The molecule has 1 amide bonds. The van der Waals surface area contributed by atoms with Gasteiger partial charge in [-0.25, -0.2) is 4.39 Å². The van der Waals surface area contributed by atoms with E-state index in [1.54, 1.807) is 17.4 Å². The molecule has 0 bridgehead atoms. The monoisotopic (exact) mass is 392 g/mol. The summed E-state index contributed by atoms with van der Waals surface area (Å²) in [6.07, 6.45) is 4.72. The van der Waals surface area contributed by atoms with Gasteiger partial charge in [0.15, 0.2) is 0 Å². The first-order valence-corrected chi connectivity index (χ1v) is 10.4. The minimum Gasteiger partial charge on any atom is -0.335 e. The molecular weight excluding hydrogens is 371 g/mol. The maximum absolute atomic E-state index is 13.2. The second kappa shape index (κ2) is 7.67. The van der Waals surface area contributed by atoms with Crippen LogP contribution >= 0.6 is 22.9 Å². The first-order chi connectivity index (χ1) is 12.6. The van der Waals surface area contributed by atoms with Gasteiger partial charge in [-0.05, 0) is 55.0 Å². The second-order valence-corrected chi connectivity index (χ2v) is 8.61. The van der Waals surface area contributed by atoms with Gasteiger partial charge in [0.25, 0.3) is 5.91 Å². The van der Waals surface area contributed by atoms with Crippen LogP contribution in [0.4, 0.5) is 4.39 Å². The van der Waals surface area contributed by atoms with E-state index in [9.17, 15) is 9.18 Å². The lowest BCUT2D eigenvalue weighted by molar-refractivity contribution is 0.0633. The summed E-state index contributed by atoms with van der Waals surface area (Å²) in [7, 11) is 0. The minimum absolute atomic E-state index is 0.170. The number of benzene rings is 1. The van der Waals surface area contributed by atoms with Crippen molar-refractivity contribution in [2.45, 2.75) is 32.2 Å². The molecular formula is C20H22ClFN2OS. The molecule has 26 heavy (non-hydrogen) atoms. The largest absolute Gasteiger partial charge is 0.335 e. The highest BCUT2D eigenvalue weighted by Crippen LogP contribution is 2.30. The molecule has 6 heteroatoms. The fourth-order valence-corrected chi connectivity index (χ4v) is 5.20. The van der Waals surface area contributed by atoms with Crippen molar-refractivity contribution in [1.29, 1.82) is 0 Å². The zero-order valence-corrected chi connectivity index (χ0v) is 16.2. The van der Waals surface area contributed by atoms with Crippen LogP contribution in [0.3, 0.4) is 0 Å². The molecule has 1 aliphatic heterocycles. The van der Waals surface area contributed by atoms with Gasteiger partial charge in [0, 0.05) is 42.6 Å². The number of nitrogens with zero attached hydrogens (tertiary/aromatic N) is 2. The first-order valence-electron chi connectivity index (χ1n) is 9.17. The molecule has 1 saturated heterocycles. The van der Waals surface area contributed by atoms with Gasteiger partial charge in [-0.3, -0.25) is 9.69 Å². The summed E-state index contributed by atoms with van der Waals surface area (Å²) in [5.74, 6) is -0.142. The molecule has 0 unspecified atom stereocenters. The Hall–Kier alpha value is -1.43. The van der Waals surface area contributed by atoms with Crippen LogP contribution in [0, 0.1) is 5.82 Å². The maximum atomic E-state index is 13.2. The van der Waals surface area contributed by atoms with Crippen LogP contribution in [-0.2, 0) is 19.4 Å². The third-order valence-corrected chi connectivity index (χ3v) is 6.85. The van der Waals surface area contributed by atoms with E-state index in [0.717, 1.165) is 49.5 Å². The third kappa shape index (κ3) is 3.80. The summed E-state index contributed by atoms with van der Waals surface area (Å²) in [5, 5.41) is 0.465. The smallest absolute Gasteiger partial charge is 0.264 e. The van der Waals surface area contributed by atoms with E-state index in [2.05, 4.69) is 11.0 Å². The number of carbonyl (C=O) groups excluding carboxylic acids is 1. The number of thiophene rings is 1. The van der Waals surface area contributed by atoms with Crippen LogP contribution in [0.2, 0.25) is 5.02 Å². The fraction of sp³-hybridized carbons (Fsp3) is 0.450. The first kappa shape index (κ1) is 18.0. The summed E-state index contributed by atoms with van der Waals surface area (Å²) >= 11 is 7.81. The minimum atomic E-state index is -0.312. The van der Waals surface area contributed by atoms with Gasteiger partial charge in [0.05, 0.1) is 4.88 Å². The van der Waals surface area contributed by atoms with Crippen molar-refractivity contribution >= 4 is 28.8 Å². The molecule has 0 N–H and O–H groups in total. The van der Waals surface area contributed by atoms with Crippen molar-refractivity contribution in [3.63, 3.8) is 0 Å². The molecule has 1 fully saturated rings. The molecule has 1 aliphatic carbocycles.